The van der Waals surface area contributed by atoms with E-state index >= 15 is 0 Å². The number of nitrogens with one attached hydrogen (secondary N) is 1. The highest BCUT2D eigenvalue weighted by Crippen LogP contribution is 2.39. The van der Waals surface area contributed by atoms with Crippen LogP contribution in [0.1, 0.15) is 25.8 Å². The number of carbonyl (C=O) groups is 2. The van der Waals surface area contributed by atoms with Crippen molar-refractivity contribution in [2.75, 3.05) is 17.6 Å². The molecule has 0 radical (unpaired) electrons. The lowest BCUT2D eigenvalue weighted by Crippen LogP contribution is -2.58. The minimum atomic E-state index is -4.08. The minimum Gasteiger partial charge on any atom is -0.480 e. The molecule has 1 aliphatic heterocycles. The summed E-state index contributed by atoms with van der Waals surface area (Å²) in [7, 11) is -4.08. The summed E-state index contributed by atoms with van der Waals surface area (Å²) in [5.74, 6) is -0.778. The molecule has 1 atom stereocenters. The second-order valence-electron chi connectivity index (χ2n) is 9.81. The van der Waals surface area contributed by atoms with E-state index in [2.05, 4.69) is 5.32 Å². The van der Waals surface area contributed by atoms with E-state index in [1.807, 2.05) is 30.3 Å². The van der Waals surface area contributed by atoms with Crippen molar-refractivity contribution in [3.05, 3.63) is 72.3 Å². The number of anilines is 1. The third-order valence-corrected chi connectivity index (χ3v) is 10.00. The van der Waals surface area contributed by atoms with Crippen LogP contribution in [0, 0.1) is 0 Å². The van der Waals surface area contributed by atoms with Gasteiger partial charge < -0.3 is 14.8 Å². The molecule has 2 N–H and O–H groups in total. The average molecular weight is 553 g/mol. The molecule has 4 aromatic rings. The first-order valence-corrected chi connectivity index (χ1v) is 14.7. The first kappa shape index (κ1) is 26.3. The smallest absolute Gasteiger partial charge is 0.323 e. The third kappa shape index (κ3) is 5.03. The monoisotopic (exact) mass is 552 g/mol. The van der Waals surface area contributed by atoms with Crippen LogP contribution in [0.25, 0.3) is 21.9 Å². The Morgan fingerprint density at radius 2 is 1.82 bits per heavy atom. The summed E-state index contributed by atoms with van der Waals surface area (Å²) in [6, 6.07) is 18.4. The van der Waals surface area contributed by atoms with Gasteiger partial charge in [-0.25, -0.2) is 8.42 Å². The number of thioether (sulfide) groups is 1. The minimum absolute atomic E-state index is 0.0138. The second kappa shape index (κ2) is 10.1. The maximum atomic E-state index is 13.6. The van der Waals surface area contributed by atoms with Crippen molar-refractivity contribution >= 4 is 61.3 Å². The Morgan fingerprint density at radius 3 is 2.55 bits per heavy atom. The Bertz CT molecular complexity index is 1630. The zero-order valence-electron chi connectivity index (χ0n) is 21.0. The van der Waals surface area contributed by atoms with Crippen molar-refractivity contribution in [1.82, 2.24) is 4.31 Å². The molecule has 0 bridgehead atoms. The lowest BCUT2D eigenvalue weighted by atomic mass is 10.0. The summed E-state index contributed by atoms with van der Waals surface area (Å²) < 4.78 is 33.5. The standard InChI is InChI=1S/C28H28N2O6S2/c1-28(2)26(27(32)33)30(14-15-37-28)38(34,35)20-10-12-23-22(17-20)21-11-9-19(16-24(21)36-23)29-25(31)13-8-18-6-4-3-5-7-18/h3-7,9-12,16-17,26H,8,13-15H2,1-2H3,(H,29,31)(H,32,33). The number of benzene rings is 3. The molecule has 1 saturated heterocycles. The highest BCUT2D eigenvalue weighted by Gasteiger charge is 2.48. The number of hydrogen-bond donors (Lipinski definition) is 2. The van der Waals surface area contributed by atoms with Crippen LogP contribution in [0.15, 0.2) is 76.0 Å². The van der Waals surface area contributed by atoms with Gasteiger partial charge in [0.15, 0.2) is 0 Å². The van der Waals surface area contributed by atoms with Gasteiger partial charge in [0, 0.05) is 46.0 Å². The molecule has 1 fully saturated rings. The van der Waals surface area contributed by atoms with Gasteiger partial charge in [-0.3, -0.25) is 9.59 Å². The SMILES string of the molecule is CC1(C)SCCN(S(=O)(=O)c2ccc3oc4cc(NC(=O)CCc5ccccc5)ccc4c3c2)C1C(=O)O. The summed E-state index contributed by atoms with van der Waals surface area (Å²) in [6.07, 6.45) is 0.971. The summed E-state index contributed by atoms with van der Waals surface area (Å²) in [4.78, 5) is 24.5. The van der Waals surface area contributed by atoms with E-state index in [0.717, 1.165) is 9.87 Å². The number of carbonyl (C=O) groups excluding carboxylic acids is 1. The number of carboxylic acids is 1. The van der Waals surface area contributed by atoms with Gasteiger partial charge in [0.05, 0.1) is 4.90 Å². The van der Waals surface area contributed by atoms with Crippen LogP contribution < -0.4 is 5.32 Å². The number of aryl methyl sites for hydroxylation is 1. The molecule has 1 unspecified atom stereocenters. The number of sulfonamides is 1. The van der Waals surface area contributed by atoms with Crippen molar-refractivity contribution < 1.29 is 27.5 Å². The molecule has 0 saturated carbocycles. The molecule has 38 heavy (non-hydrogen) atoms. The van der Waals surface area contributed by atoms with Crippen LogP contribution in [-0.4, -0.2) is 52.8 Å². The third-order valence-electron chi connectivity index (χ3n) is 6.78. The Morgan fingerprint density at radius 1 is 1.05 bits per heavy atom. The fourth-order valence-electron chi connectivity index (χ4n) is 4.89. The number of furan rings is 1. The lowest BCUT2D eigenvalue weighted by molar-refractivity contribution is -0.142. The van der Waals surface area contributed by atoms with Crippen LogP contribution >= 0.6 is 11.8 Å². The Hall–Kier alpha value is -3.34. The summed E-state index contributed by atoms with van der Waals surface area (Å²) in [6.45, 7) is 3.62. The van der Waals surface area contributed by atoms with E-state index in [1.165, 1.54) is 23.9 Å². The van der Waals surface area contributed by atoms with E-state index in [4.69, 9.17) is 4.42 Å². The van der Waals surface area contributed by atoms with Gasteiger partial charge in [0.25, 0.3) is 0 Å². The fraction of sp³-hybridized carbons (Fsp3) is 0.286. The summed E-state index contributed by atoms with van der Waals surface area (Å²) in [5, 5.41) is 14.0. The van der Waals surface area contributed by atoms with E-state index < -0.39 is 26.8 Å². The number of hydrogen-bond acceptors (Lipinski definition) is 6. The van der Waals surface area contributed by atoms with Crippen LogP contribution in [0.2, 0.25) is 0 Å². The van der Waals surface area contributed by atoms with Gasteiger partial charge in [0.2, 0.25) is 15.9 Å². The van der Waals surface area contributed by atoms with E-state index in [1.54, 1.807) is 38.1 Å². The van der Waals surface area contributed by atoms with Crippen molar-refractivity contribution in [2.24, 2.45) is 0 Å². The molecule has 0 aliphatic carbocycles. The van der Waals surface area contributed by atoms with Gasteiger partial charge >= 0.3 is 5.97 Å². The molecule has 8 nitrogen and oxygen atoms in total. The normalized spacial score (nSPS) is 18.0. The summed E-state index contributed by atoms with van der Waals surface area (Å²) in [5.41, 5.74) is 2.67. The first-order chi connectivity index (χ1) is 18.1. The largest absolute Gasteiger partial charge is 0.480 e. The quantitative estimate of drug-likeness (QED) is 0.327. The highest BCUT2D eigenvalue weighted by molar-refractivity contribution is 8.00. The number of aliphatic carboxylic acids is 1. The molecule has 198 valence electrons. The molecule has 10 heteroatoms. The zero-order valence-corrected chi connectivity index (χ0v) is 22.6. The molecule has 0 spiro atoms. The van der Waals surface area contributed by atoms with Crippen molar-refractivity contribution in [3.63, 3.8) is 0 Å². The Kier molecular flexibility index (Phi) is 6.97. The predicted molar refractivity (Wildman–Crippen MR) is 149 cm³/mol. The predicted octanol–water partition coefficient (Wildman–Crippen LogP) is 5.13. The van der Waals surface area contributed by atoms with Gasteiger partial charge in [-0.1, -0.05) is 30.3 Å². The fourth-order valence-corrected chi connectivity index (χ4v) is 8.01. The molecule has 1 aliphatic rings. The summed E-state index contributed by atoms with van der Waals surface area (Å²) >= 11 is 1.45. The van der Waals surface area contributed by atoms with Crippen molar-refractivity contribution in [3.8, 4) is 0 Å². The van der Waals surface area contributed by atoms with Crippen LogP contribution in [0.4, 0.5) is 5.69 Å². The van der Waals surface area contributed by atoms with E-state index in [-0.39, 0.29) is 17.3 Å². The van der Waals surface area contributed by atoms with Crippen LogP contribution in [0.3, 0.4) is 0 Å². The van der Waals surface area contributed by atoms with Crippen LogP contribution in [0.5, 0.6) is 0 Å². The number of amides is 1. The second-order valence-corrected chi connectivity index (χ2v) is 13.5. The van der Waals surface area contributed by atoms with Crippen LogP contribution in [-0.2, 0) is 26.0 Å². The number of rotatable bonds is 7. The molecular formula is C28H28N2O6S2. The molecule has 1 aromatic heterocycles. The van der Waals surface area contributed by atoms with Gasteiger partial charge in [-0.15, -0.1) is 0 Å². The number of fused-ring (bicyclic) bond motifs is 3. The number of carboxylic acid groups (broad SMARTS) is 1. The van der Waals surface area contributed by atoms with Gasteiger partial charge in [-0.2, -0.15) is 16.1 Å². The van der Waals surface area contributed by atoms with E-state index in [9.17, 15) is 23.1 Å². The molecular weight excluding hydrogens is 524 g/mol. The Balaban J connectivity index is 1.41. The maximum absolute atomic E-state index is 13.6. The number of nitrogens with zero attached hydrogens (tertiary/aromatic N) is 1. The molecule has 2 heterocycles. The lowest BCUT2D eigenvalue weighted by Gasteiger charge is -2.42. The molecule has 5 rings (SSSR count). The molecule has 3 aromatic carbocycles. The average Bonchev–Trinajstić information content (AvgIpc) is 3.24. The maximum Gasteiger partial charge on any atom is 0.323 e. The van der Waals surface area contributed by atoms with E-state index in [0.29, 0.717) is 46.2 Å². The van der Waals surface area contributed by atoms with Crippen molar-refractivity contribution in [2.45, 2.75) is 42.4 Å². The van der Waals surface area contributed by atoms with Crippen molar-refractivity contribution in [1.29, 1.82) is 0 Å². The first-order valence-electron chi connectivity index (χ1n) is 12.2. The van der Waals surface area contributed by atoms with Gasteiger partial charge in [0.1, 0.15) is 17.2 Å². The van der Waals surface area contributed by atoms with Gasteiger partial charge in [-0.05, 0) is 56.2 Å². The zero-order chi connectivity index (χ0) is 27.1. The topological polar surface area (TPSA) is 117 Å². The molecule has 1 amide bonds. The Labute approximate surface area is 225 Å². The highest BCUT2D eigenvalue weighted by atomic mass is 32.2.